The lowest BCUT2D eigenvalue weighted by molar-refractivity contribution is 0.110. The molecule has 0 radical (unpaired) electrons. The van der Waals surface area contributed by atoms with Crippen LogP contribution in [0.25, 0.3) is 0 Å². The molecule has 136 valence electrons. The van der Waals surface area contributed by atoms with Crippen LogP contribution in [0.15, 0.2) is 0 Å². The third-order valence-electron chi connectivity index (χ3n) is 2.51. The Morgan fingerprint density at radius 1 is 0.864 bits per heavy atom. The molecule has 0 saturated carbocycles. The summed E-state index contributed by atoms with van der Waals surface area (Å²) >= 11 is 0. The lowest BCUT2D eigenvalue weighted by atomic mass is 10.4. The maximum atomic E-state index is 12.2. The molecule has 1 unspecified atom stereocenters. The van der Waals surface area contributed by atoms with E-state index in [0.29, 0.717) is 19.8 Å². The number of phosphoric ester groups is 1. The van der Waals surface area contributed by atoms with Crippen molar-refractivity contribution < 1.29 is 28.3 Å². The van der Waals surface area contributed by atoms with Gasteiger partial charge in [0.15, 0.2) is 0 Å². The van der Waals surface area contributed by atoms with Gasteiger partial charge >= 0.3 is 7.82 Å². The van der Waals surface area contributed by atoms with Gasteiger partial charge in [-0.05, 0) is 26.2 Å². The van der Waals surface area contributed by atoms with Crippen LogP contribution in [-0.4, -0.2) is 42.7 Å². The van der Waals surface area contributed by atoms with Crippen LogP contribution in [-0.2, 0) is 18.1 Å². The fourth-order valence-corrected chi connectivity index (χ4v) is 2.36. The highest BCUT2D eigenvalue weighted by Crippen LogP contribution is 2.49. The number of aliphatic hydroxyl groups excluding tert-OH is 2. The van der Waals surface area contributed by atoms with E-state index in [2.05, 4.69) is 20.8 Å². The second kappa shape index (κ2) is 17.4. The molecule has 0 saturated heterocycles. The van der Waals surface area contributed by atoms with Crippen LogP contribution in [0.2, 0.25) is 0 Å². The van der Waals surface area contributed by atoms with Crippen molar-refractivity contribution in [1.82, 2.24) is 0 Å². The molecule has 0 bridgehead atoms. The van der Waals surface area contributed by atoms with E-state index in [0.717, 1.165) is 38.5 Å². The Labute approximate surface area is 135 Å². The summed E-state index contributed by atoms with van der Waals surface area (Å²) in [5.41, 5.74) is 0. The van der Waals surface area contributed by atoms with Gasteiger partial charge < -0.3 is 10.2 Å². The van der Waals surface area contributed by atoms with Gasteiger partial charge in [0.1, 0.15) is 0 Å². The van der Waals surface area contributed by atoms with E-state index in [-0.39, 0.29) is 6.61 Å². The Morgan fingerprint density at radius 3 is 1.32 bits per heavy atom. The maximum Gasteiger partial charge on any atom is 0.474 e. The quantitative estimate of drug-likeness (QED) is 0.390. The molecule has 0 spiro atoms. The minimum atomic E-state index is -3.31. The molecule has 7 heteroatoms. The van der Waals surface area contributed by atoms with Gasteiger partial charge in [-0.15, -0.1) is 0 Å². The topological polar surface area (TPSA) is 85.2 Å². The Kier molecular flexibility index (Phi) is 19.2. The summed E-state index contributed by atoms with van der Waals surface area (Å²) in [6.07, 6.45) is 5.07. The van der Waals surface area contributed by atoms with Gasteiger partial charge in [-0.25, -0.2) is 4.57 Å². The molecular formula is C15H35O6P. The number of phosphoric acid groups is 1. The van der Waals surface area contributed by atoms with Crippen molar-refractivity contribution in [3.63, 3.8) is 0 Å². The van der Waals surface area contributed by atoms with Crippen LogP contribution < -0.4 is 0 Å². The van der Waals surface area contributed by atoms with Gasteiger partial charge in [0.25, 0.3) is 0 Å². The zero-order valence-electron chi connectivity index (χ0n) is 14.6. The van der Waals surface area contributed by atoms with Crippen molar-refractivity contribution in [2.45, 2.75) is 72.3 Å². The van der Waals surface area contributed by atoms with Gasteiger partial charge in [0, 0.05) is 0 Å². The smallest absolute Gasteiger partial charge is 0.394 e. The normalized spacial score (nSPS) is 12.6. The minimum absolute atomic E-state index is 0.139. The third-order valence-corrected chi connectivity index (χ3v) is 4.00. The number of unbranched alkanes of at least 4 members (excludes halogenated alkanes) is 3. The molecule has 0 aromatic carbocycles. The van der Waals surface area contributed by atoms with Gasteiger partial charge in [-0.3, -0.25) is 13.6 Å². The zero-order chi connectivity index (χ0) is 17.3. The minimum Gasteiger partial charge on any atom is -0.394 e. The molecule has 0 fully saturated rings. The first kappa shape index (κ1) is 24.3. The molecule has 0 aliphatic rings. The SMILES string of the molecule is CC(O)CO.CCCCOP(=O)(OCCCC)OCCCC. The molecule has 0 heterocycles. The molecule has 22 heavy (non-hydrogen) atoms. The predicted octanol–water partition coefficient (Wildman–Crippen LogP) is 3.90. The maximum absolute atomic E-state index is 12.2. The highest BCUT2D eigenvalue weighted by Gasteiger charge is 2.25. The van der Waals surface area contributed by atoms with E-state index in [1.54, 1.807) is 0 Å². The van der Waals surface area contributed by atoms with Crippen LogP contribution >= 0.6 is 7.82 Å². The van der Waals surface area contributed by atoms with Gasteiger partial charge in [0.2, 0.25) is 0 Å². The molecule has 6 nitrogen and oxygen atoms in total. The molecule has 0 rings (SSSR count). The average Bonchev–Trinajstić information content (AvgIpc) is 2.49. The number of hydrogen-bond donors (Lipinski definition) is 2. The summed E-state index contributed by atoms with van der Waals surface area (Å²) in [7, 11) is -3.31. The highest BCUT2D eigenvalue weighted by molar-refractivity contribution is 7.48. The highest BCUT2D eigenvalue weighted by atomic mass is 31.2. The fourth-order valence-electron chi connectivity index (χ4n) is 1.07. The van der Waals surface area contributed by atoms with E-state index >= 15 is 0 Å². The Balaban J connectivity index is 0. The van der Waals surface area contributed by atoms with E-state index in [1.807, 2.05) is 0 Å². The van der Waals surface area contributed by atoms with Crippen LogP contribution in [0.1, 0.15) is 66.2 Å². The summed E-state index contributed by atoms with van der Waals surface area (Å²) in [6, 6.07) is 0. The Hall–Kier alpha value is 0.0300. The van der Waals surface area contributed by atoms with Crippen molar-refractivity contribution in [2.75, 3.05) is 26.4 Å². The van der Waals surface area contributed by atoms with E-state index < -0.39 is 13.9 Å². The second-order valence-corrected chi connectivity index (χ2v) is 6.71. The first-order chi connectivity index (χ1) is 10.5. The Bertz CT molecular complexity index is 227. The lowest BCUT2D eigenvalue weighted by Gasteiger charge is -2.17. The van der Waals surface area contributed by atoms with Crippen molar-refractivity contribution in [3.8, 4) is 0 Å². The third kappa shape index (κ3) is 18.1. The summed E-state index contributed by atoms with van der Waals surface area (Å²) in [5, 5.41) is 16.0. The van der Waals surface area contributed by atoms with E-state index in [1.165, 1.54) is 6.92 Å². The molecule has 0 aromatic rings. The van der Waals surface area contributed by atoms with E-state index in [9.17, 15) is 4.57 Å². The first-order valence-corrected chi connectivity index (χ1v) is 9.74. The summed E-state index contributed by atoms with van der Waals surface area (Å²) < 4.78 is 28.0. The summed E-state index contributed by atoms with van der Waals surface area (Å²) in [5.74, 6) is 0. The molecule has 1 atom stereocenters. The first-order valence-electron chi connectivity index (χ1n) is 8.28. The molecule has 0 aliphatic heterocycles. The predicted molar refractivity (Wildman–Crippen MR) is 89.0 cm³/mol. The second-order valence-electron chi connectivity index (χ2n) is 5.04. The van der Waals surface area contributed by atoms with Crippen LogP contribution in [0.5, 0.6) is 0 Å². The summed E-state index contributed by atoms with van der Waals surface area (Å²) in [6.45, 7) is 8.88. The number of aliphatic hydroxyl groups is 2. The largest absolute Gasteiger partial charge is 0.474 e. The van der Waals surface area contributed by atoms with Crippen LogP contribution in [0.4, 0.5) is 0 Å². The van der Waals surface area contributed by atoms with E-state index in [4.69, 9.17) is 23.8 Å². The lowest BCUT2D eigenvalue weighted by Crippen LogP contribution is -2.03. The van der Waals surface area contributed by atoms with Gasteiger partial charge in [-0.1, -0.05) is 40.0 Å². The Morgan fingerprint density at radius 2 is 1.14 bits per heavy atom. The molecule has 0 amide bonds. The van der Waals surface area contributed by atoms with Crippen LogP contribution in [0.3, 0.4) is 0 Å². The summed E-state index contributed by atoms with van der Waals surface area (Å²) in [4.78, 5) is 0. The van der Waals surface area contributed by atoms with Gasteiger partial charge in [0.05, 0.1) is 32.5 Å². The molecule has 2 N–H and O–H groups in total. The molecular weight excluding hydrogens is 307 g/mol. The van der Waals surface area contributed by atoms with Crippen molar-refractivity contribution in [3.05, 3.63) is 0 Å². The van der Waals surface area contributed by atoms with Crippen molar-refractivity contribution >= 4 is 7.82 Å². The monoisotopic (exact) mass is 342 g/mol. The van der Waals surface area contributed by atoms with Crippen molar-refractivity contribution in [1.29, 1.82) is 0 Å². The average molecular weight is 342 g/mol. The molecule has 0 aliphatic carbocycles. The fraction of sp³-hybridized carbons (Fsp3) is 1.00. The van der Waals surface area contributed by atoms with Crippen LogP contribution in [0, 0.1) is 0 Å². The zero-order valence-corrected chi connectivity index (χ0v) is 15.5. The number of rotatable bonds is 13. The standard InChI is InChI=1S/C12H27O4P.C3H8O2/c1-4-7-10-14-17(13,15-11-8-5-2)16-12-9-6-3;1-3(5)2-4/h4-12H2,1-3H3;3-5H,2H2,1H3. The molecule has 0 aromatic heterocycles. The van der Waals surface area contributed by atoms with Crippen molar-refractivity contribution in [2.24, 2.45) is 0 Å². The number of hydrogen-bond acceptors (Lipinski definition) is 6. The van der Waals surface area contributed by atoms with Gasteiger partial charge in [-0.2, -0.15) is 0 Å².